The summed E-state index contributed by atoms with van der Waals surface area (Å²) in [5.41, 5.74) is 0.873. The van der Waals surface area contributed by atoms with Gasteiger partial charge in [0.15, 0.2) is 0 Å². The van der Waals surface area contributed by atoms with Gasteiger partial charge in [-0.2, -0.15) is 5.26 Å². The lowest BCUT2D eigenvalue weighted by molar-refractivity contribution is 0.0585. The van der Waals surface area contributed by atoms with Crippen LogP contribution in [-0.2, 0) is 0 Å². The molecule has 1 aliphatic rings. The number of amides is 2. The molecule has 1 N–H and O–H groups in total. The van der Waals surface area contributed by atoms with Gasteiger partial charge in [-0.15, -0.1) is 0 Å². The average Bonchev–Trinajstić information content (AvgIpc) is 2.72. The van der Waals surface area contributed by atoms with Gasteiger partial charge in [-0.3, -0.25) is 14.7 Å². The third-order valence-electron chi connectivity index (χ3n) is 5.15. The minimum Gasteiger partial charge on any atom is -0.492 e. The Balaban J connectivity index is 1.68. The van der Waals surface area contributed by atoms with Crippen molar-refractivity contribution in [3.05, 3.63) is 53.3 Å². The van der Waals surface area contributed by atoms with Crippen LogP contribution in [0.4, 0.5) is 10.5 Å². The minimum absolute atomic E-state index is 0.0728. The van der Waals surface area contributed by atoms with Gasteiger partial charge >= 0.3 is 6.09 Å². The number of rotatable bonds is 9. The molecule has 0 spiro atoms. The summed E-state index contributed by atoms with van der Waals surface area (Å²) in [6.07, 6.45) is 5.13. The fraction of sp³-hybridized carbons (Fsp3) is 0.364. The van der Waals surface area contributed by atoms with E-state index in [1.807, 2.05) is 0 Å². The Morgan fingerprint density at radius 3 is 2.58 bits per heavy atom. The van der Waals surface area contributed by atoms with Crippen LogP contribution in [-0.4, -0.2) is 52.7 Å². The standard InChI is InChI=1S/C22H23ClN4O4/c23-17-13-16(21(28)26(10-2-7-24)18-3-1-4-18)14-20(15-17)31-12-11-27(22(29)30)19-5-8-25-9-6-19/h5-6,8-9,13-15,18H,1-4,10-12H2,(H,29,30). The van der Waals surface area contributed by atoms with Crippen molar-refractivity contribution in [1.29, 1.82) is 5.26 Å². The summed E-state index contributed by atoms with van der Waals surface area (Å²) in [7, 11) is 0. The molecule has 31 heavy (non-hydrogen) atoms. The highest BCUT2D eigenvalue weighted by Gasteiger charge is 2.29. The smallest absolute Gasteiger partial charge is 0.411 e. The first kappa shape index (κ1) is 22.4. The number of nitriles is 1. The molecule has 8 nitrogen and oxygen atoms in total. The Kier molecular flexibility index (Phi) is 7.68. The summed E-state index contributed by atoms with van der Waals surface area (Å²) in [6, 6.07) is 10.2. The highest BCUT2D eigenvalue weighted by molar-refractivity contribution is 6.31. The monoisotopic (exact) mass is 442 g/mol. The third-order valence-corrected chi connectivity index (χ3v) is 5.37. The lowest BCUT2D eigenvalue weighted by Crippen LogP contribution is -2.44. The molecule has 2 amide bonds. The summed E-state index contributed by atoms with van der Waals surface area (Å²) in [4.78, 5) is 31.4. The van der Waals surface area contributed by atoms with E-state index in [2.05, 4.69) is 11.1 Å². The number of carbonyl (C=O) groups excluding carboxylic acids is 1. The number of hydrogen-bond acceptors (Lipinski definition) is 5. The SMILES string of the molecule is N#CCCN(C(=O)c1cc(Cl)cc(OCCN(C(=O)O)c2ccncc2)c1)C1CCC1. The van der Waals surface area contributed by atoms with E-state index in [1.165, 1.54) is 12.4 Å². The zero-order valence-corrected chi connectivity index (χ0v) is 17.7. The molecule has 1 aliphatic carbocycles. The molecular weight excluding hydrogens is 420 g/mol. The second kappa shape index (κ2) is 10.6. The fourth-order valence-corrected chi connectivity index (χ4v) is 3.59. The van der Waals surface area contributed by atoms with E-state index in [4.69, 9.17) is 21.6 Å². The van der Waals surface area contributed by atoms with Crippen molar-refractivity contribution in [2.24, 2.45) is 0 Å². The number of nitrogens with zero attached hydrogens (tertiary/aromatic N) is 4. The molecule has 0 atom stereocenters. The van der Waals surface area contributed by atoms with Crippen LogP contribution in [0, 0.1) is 11.3 Å². The van der Waals surface area contributed by atoms with E-state index in [0.717, 1.165) is 24.2 Å². The van der Waals surface area contributed by atoms with Crippen LogP contribution in [0.15, 0.2) is 42.7 Å². The van der Waals surface area contributed by atoms with Crippen molar-refractivity contribution in [3.63, 3.8) is 0 Å². The van der Waals surface area contributed by atoms with Gasteiger partial charge in [0.1, 0.15) is 12.4 Å². The first-order valence-electron chi connectivity index (χ1n) is 10.0. The van der Waals surface area contributed by atoms with Crippen LogP contribution in [0.3, 0.4) is 0 Å². The number of pyridine rings is 1. The minimum atomic E-state index is -1.11. The van der Waals surface area contributed by atoms with E-state index in [-0.39, 0.29) is 31.5 Å². The fourth-order valence-electron chi connectivity index (χ4n) is 3.37. The van der Waals surface area contributed by atoms with Crippen LogP contribution in [0.25, 0.3) is 0 Å². The predicted octanol–water partition coefficient (Wildman–Crippen LogP) is 4.21. The Morgan fingerprint density at radius 1 is 1.23 bits per heavy atom. The van der Waals surface area contributed by atoms with Crippen molar-refractivity contribution in [2.75, 3.05) is 24.6 Å². The van der Waals surface area contributed by atoms with E-state index >= 15 is 0 Å². The molecule has 0 radical (unpaired) electrons. The molecule has 1 fully saturated rings. The summed E-state index contributed by atoms with van der Waals surface area (Å²) < 4.78 is 5.71. The number of halogens is 1. The van der Waals surface area contributed by atoms with Crippen molar-refractivity contribution in [2.45, 2.75) is 31.7 Å². The average molecular weight is 443 g/mol. The normalized spacial score (nSPS) is 13.0. The van der Waals surface area contributed by atoms with E-state index in [1.54, 1.807) is 35.2 Å². The highest BCUT2D eigenvalue weighted by atomic mass is 35.5. The zero-order chi connectivity index (χ0) is 22.2. The van der Waals surface area contributed by atoms with Gasteiger partial charge in [0.05, 0.1) is 24.7 Å². The Labute approximate surface area is 185 Å². The van der Waals surface area contributed by atoms with Gasteiger partial charge in [-0.1, -0.05) is 11.6 Å². The number of benzene rings is 1. The van der Waals surface area contributed by atoms with E-state index < -0.39 is 6.09 Å². The third kappa shape index (κ3) is 5.86. The second-order valence-corrected chi connectivity index (χ2v) is 7.59. The molecule has 0 unspecified atom stereocenters. The largest absolute Gasteiger partial charge is 0.492 e. The van der Waals surface area contributed by atoms with Gasteiger partial charge in [0.25, 0.3) is 5.91 Å². The summed E-state index contributed by atoms with van der Waals surface area (Å²) >= 11 is 6.20. The maximum atomic E-state index is 13.1. The second-order valence-electron chi connectivity index (χ2n) is 7.16. The molecule has 1 saturated carbocycles. The predicted molar refractivity (Wildman–Crippen MR) is 115 cm³/mol. The molecule has 0 aliphatic heterocycles. The lowest BCUT2D eigenvalue weighted by Gasteiger charge is -2.37. The molecule has 0 bridgehead atoms. The summed E-state index contributed by atoms with van der Waals surface area (Å²) in [6.45, 7) is 0.539. The van der Waals surface area contributed by atoms with Gasteiger partial charge < -0.3 is 14.7 Å². The van der Waals surface area contributed by atoms with Crippen LogP contribution < -0.4 is 9.64 Å². The van der Waals surface area contributed by atoms with Gasteiger partial charge in [-0.05, 0) is 49.6 Å². The van der Waals surface area contributed by atoms with Crippen LogP contribution in [0.5, 0.6) is 5.75 Å². The van der Waals surface area contributed by atoms with Gasteiger partial charge in [0, 0.05) is 35.6 Å². The molecule has 1 heterocycles. The van der Waals surface area contributed by atoms with Crippen molar-refractivity contribution < 1.29 is 19.4 Å². The first-order valence-corrected chi connectivity index (χ1v) is 10.4. The number of hydrogen-bond donors (Lipinski definition) is 1. The molecule has 0 saturated heterocycles. The van der Waals surface area contributed by atoms with Crippen LogP contribution in [0.1, 0.15) is 36.0 Å². The Morgan fingerprint density at radius 2 is 1.97 bits per heavy atom. The zero-order valence-electron chi connectivity index (χ0n) is 16.9. The molecule has 3 rings (SSSR count). The number of anilines is 1. The molecule has 1 aromatic heterocycles. The highest BCUT2D eigenvalue weighted by Crippen LogP contribution is 2.28. The number of carboxylic acid groups (broad SMARTS) is 1. The number of ether oxygens (including phenoxy) is 1. The summed E-state index contributed by atoms with van der Waals surface area (Å²) in [5, 5.41) is 18.7. The van der Waals surface area contributed by atoms with Gasteiger partial charge in [0.2, 0.25) is 0 Å². The number of aromatic nitrogens is 1. The van der Waals surface area contributed by atoms with Crippen molar-refractivity contribution in [3.8, 4) is 11.8 Å². The maximum Gasteiger partial charge on any atom is 0.411 e. The summed E-state index contributed by atoms with van der Waals surface area (Å²) in [5.74, 6) is 0.195. The molecule has 1 aromatic carbocycles. The molecule has 162 valence electrons. The maximum absolute atomic E-state index is 13.1. The van der Waals surface area contributed by atoms with Crippen LogP contribution in [0.2, 0.25) is 5.02 Å². The van der Waals surface area contributed by atoms with Crippen molar-refractivity contribution >= 4 is 29.3 Å². The quantitative estimate of drug-likeness (QED) is 0.623. The Bertz CT molecular complexity index is 960. The topological polar surface area (TPSA) is 107 Å². The van der Waals surface area contributed by atoms with E-state index in [0.29, 0.717) is 28.6 Å². The Hall–Kier alpha value is -3.31. The van der Waals surface area contributed by atoms with Crippen LogP contribution >= 0.6 is 11.6 Å². The molecule has 9 heteroatoms. The first-order chi connectivity index (χ1) is 15.0. The lowest BCUT2D eigenvalue weighted by atomic mass is 9.90. The van der Waals surface area contributed by atoms with Gasteiger partial charge in [-0.25, -0.2) is 4.79 Å². The van der Waals surface area contributed by atoms with E-state index in [9.17, 15) is 14.7 Å². The van der Waals surface area contributed by atoms with Crippen molar-refractivity contribution in [1.82, 2.24) is 9.88 Å². The number of carbonyl (C=O) groups is 2. The molecular formula is C22H23ClN4O4. The molecule has 2 aromatic rings.